The summed E-state index contributed by atoms with van der Waals surface area (Å²) in [4.78, 5) is 14.0. The lowest BCUT2D eigenvalue weighted by molar-refractivity contribution is -0.136. The number of benzene rings is 1. The minimum absolute atomic E-state index is 0.287. The van der Waals surface area contributed by atoms with Gasteiger partial charge in [-0.15, -0.1) is 0 Å². The van der Waals surface area contributed by atoms with E-state index in [4.69, 9.17) is 4.74 Å². The van der Waals surface area contributed by atoms with Crippen LogP contribution < -0.4 is 0 Å². The van der Waals surface area contributed by atoms with Gasteiger partial charge in [-0.25, -0.2) is 0 Å². The van der Waals surface area contributed by atoms with Crippen LogP contribution in [-0.4, -0.2) is 36.0 Å². The first kappa shape index (κ1) is 10.9. The van der Waals surface area contributed by atoms with Gasteiger partial charge in [0.25, 0.3) is 0 Å². The highest BCUT2D eigenvalue weighted by atomic mass is 16.5. The lowest BCUT2D eigenvalue weighted by Gasteiger charge is -2.45. The highest BCUT2D eigenvalue weighted by Crippen LogP contribution is 2.27. The summed E-state index contributed by atoms with van der Waals surface area (Å²) in [5.41, 5.74) is 1.32. The van der Waals surface area contributed by atoms with E-state index < -0.39 is 0 Å². The molecular formula is C14H17NO2. The summed E-state index contributed by atoms with van der Waals surface area (Å²) in [6.07, 6.45) is 1.31. The SMILES string of the molecule is O=C1C[C@@H]2COC[C@@H](C1)N2Cc1ccccc1. The van der Waals surface area contributed by atoms with Crippen molar-refractivity contribution in [3.05, 3.63) is 35.9 Å². The summed E-state index contributed by atoms with van der Waals surface area (Å²) in [5.74, 6) is 0.396. The average Bonchev–Trinajstić information content (AvgIpc) is 2.32. The average molecular weight is 231 g/mol. The number of Topliss-reactive ketones (excluding diaryl/α,β-unsaturated/α-hetero) is 1. The van der Waals surface area contributed by atoms with E-state index in [9.17, 15) is 4.79 Å². The maximum Gasteiger partial charge on any atom is 0.136 e. The van der Waals surface area contributed by atoms with Crippen molar-refractivity contribution >= 4 is 5.78 Å². The third kappa shape index (κ3) is 2.26. The van der Waals surface area contributed by atoms with Crippen LogP contribution in [-0.2, 0) is 16.1 Å². The van der Waals surface area contributed by atoms with Gasteiger partial charge in [0.05, 0.1) is 13.2 Å². The standard InChI is InChI=1S/C14H17NO2/c16-14-6-12-9-17-10-13(7-14)15(12)8-11-4-2-1-3-5-11/h1-5,12-13H,6-10H2/t12-,13-/m1/s1. The molecule has 3 nitrogen and oxygen atoms in total. The summed E-state index contributed by atoms with van der Waals surface area (Å²) in [6.45, 7) is 2.34. The van der Waals surface area contributed by atoms with Crippen molar-refractivity contribution in [1.82, 2.24) is 4.90 Å². The molecule has 2 atom stereocenters. The van der Waals surface area contributed by atoms with Crippen LogP contribution in [0.15, 0.2) is 30.3 Å². The molecule has 1 aromatic carbocycles. The molecule has 2 bridgehead atoms. The molecule has 0 N–H and O–H groups in total. The fourth-order valence-electron chi connectivity index (χ4n) is 2.84. The molecule has 2 aliphatic heterocycles. The van der Waals surface area contributed by atoms with Gasteiger partial charge >= 0.3 is 0 Å². The molecule has 90 valence electrons. The fraction of sp³-hybridized carbons (Fsp3) is 0.500. The zero-order chi connectivity index (χ0) is 11.7. The van der Waals surface area contributed by atoms with Gasteiger partial charge < -0.3 is 4.74 Å². The van der Waals surface area contributed by atoms with Gasteiger partial charge in [-0.1, -0.05) is 30.3 Å². The molecule has 0 unspecified atom stereocenters. The second kappa shape index (κ2) is 4.59. The van der Waals surface area contributed by atoms with E-state index in [1.54, 1.807) is 0 Å². The molecule has 0 saturated carbocycles. The quantitative estimate of drug-likeness (QED) is 0.774. The Labute approximate surface area is 101 Å². The minimum Gasteiger partial charge on any atom is -0.378 e. The maximum atomic E-state index is 11.6. The molecule has 0 spiro atoms. The number of rotatable bonds is 2. The van der Waals surface area contributed by atoms with Crippen molar-refractivity contribution in [1.29, 1.82) is 0 Å². The van der Waals surface area contributed by atoms with Gasteiger partial charge in [0.2, 0.25) is 0 Å². The van der Waals surface area contributed by atoms with Crippen LogP contribution in [0.4, 0.5) is 0 Å². The van der Waals surface area contributed by atoms with Crippen molar-refractivity contribution < 1.29 is 9.53 Å². The largest absolute Gasteiger partial charge is 0.378 e. The topological polar surface area (TPSA) is 29.5 Å². The van der Waals surface area contributed by atoms with Gasteiger partial charge in [0.15, 0.2) is 0 Å². The van der Waals surface area contributed by atoms with Crippen molar-refractivity contribution in [2.75, 3.05) is 13.2 Å². The molecule has 1 aromatic rings. The molecule has 0 aromatic heterocycles. The summed E-state index contributed by atoms with van der Waals surface area (Å²) in [6, 6.07) is 11.0. The van der Waals surface area contributed by atoms with E-state index in [1.807, 2.05) is 6.07 Å². The number of fused-ring (bicyclic) bond motifs is 2. The van der Waals surface area contributed by atoms with Crippen LogP contribution in [0.1, 0.15) is 18.4 Å². The van der Waals surface area contributed by atoms with Crippen LogP contribution in [0.3, 0.4) is 0 Å². The van der Waals surface area contributed by atoms with E-state index in [-0.39, 0.29) is 12.1 Å². The van der Waals surface area contributed by atoms with Gasteiger partial charge in [-0.05, 0) is 5.56 Å². The third-order valence-corrected chi connectivity index (χ3v) is 3.69. The Kier molecular flexibility index (Phi) is 2.95. The molecule has 2 aliphatic rings. The summed E-state index contributed by atoms with van der Waals surface area (Å²) in [5, 5.41) is 0. The zero-order valence-corrected chi connectivity index (χ0v) is 9.84. The lowest BCUT2D eigenvalue weighted by atomic mass is 9.92. The number of carbonyl (C=O) groups is 1. The van der Waals surface area contributed by atoms with Crippen LogP contribution in [0.2, 0.25) is 0 Å². The molecule has 3 heteroatoms. The Morgan fingerprint density at radius 1 is 1.12 bits per heavy atom. The first-order valence-electron chi connectivity index (χ1n) is 6.22. The molecule has 0 radical (unpaired) electrons. The Morgan fingerprint density at radius 3 is 2.41 bits per heavy atom. The number of ether oxygens (including phenoxy) is 1. The summed E-state index contributed by atoms with van der Waals surface area (Å²) in [7, 11) is 0. The first-order valence-corrected chi connectivity index (χ1v) is 6.22. The Balaban J connectivity index is 1.76. The lowest BCUT2D eigenvalue weighted by Crippen LogP contribution is -2.56. The predicted octanol–water partition coefficient (Wildman–Crippen LogP) is 1.62. The van der Waals surface area contributed by atoms with Crippen molar-refractivity contribution in [3.8, 4) is 0 Å². The summed E-state index contributed by atoms with van der Waals surface area (Å²) >= 11 is 0. The zero-order valence-electron chi connectivity index (χ0n) is 9.84. The van der Waals surface area contributed by atoms with Crippen molar-refractivity contribution in [2.45, 2.75) is 31.5 Å². The van der Waals surface area contributed by atoms with Crippen LogP contribution in [0.5, 0.6) is 0 Å². The van der Waals surface area contributed by atoms with Crippen LogP contribution in [0, 0.1) is 0 Å². The van der Waals surface area contributed by atoms with E-state index in [1.165, 1.54) is 5.56 Å². The molecule has 17 heavy (non-hydrogen) atoms. The minimum atomic E-state index is 0.287. The molecule has 2 fully saturated rings. The predicted molar refractivity (Wildman–Crippen MR) is 64.6 cm³/mol. The van der Waals surface area contributed by atoms with Crippen molar-refractivity contribution in [2.24, 2.45) is 0 Å². The van der Waals surface area contributed by atoms with E-state index in [0.717, 1.165) is 6.54 Å². The number of piperidine rings is 1. The monoisotopic (exact) mass is 231 g/mol. The van der Waals surface area contributed by atoms with Crippen LogP contribution in [0.25, 0.3) is 0 Å². The van der Waals surface area contributed by atoms with Gasteiger partial charge in [0, 0.05) is 31.5 Å². The third-order valence-electron chi connectivity index (χ3n) is 3.69. The second-order valence-electron chi connectivity index (χ2n) is 4.95. The number of morpholine rings is 1. The highest BCUT2D eigenvalue weighted by molar-refractivity contribution is 5.80. The molecule has 0 aliphatic carbocycles. The number of ketones is 1. The number of hydrogen-bond acceptors (Lipinski definition) is 3. The Hall–Kier alpha value is -1.19. The van der Waals surface area contributed by atoms with Gasteiger partial charge in [-0.3, -0.25) is 9.69 Å². The molecular weight excluding hydrogens is 214 g/mol. The number of hydrogen-bond donors (Lipinski definition) is 0. The van der Waals surface area contributed by atoms with E-state index in [0.29, 0.717) is 31.8 Å². The molecule has 3 rings (SSSR count). The van der Waals surface area contributed by atoms with Crippen LogP contribution >= 0.6 is 0 Å². The normalized spacial score (nSPS) is 29.3. The second-order valence-corrected chi connectivity index (χ2v) is 4.95. The molecule has 2 heterocycles. The number of nitrogens with zero attached hydrogens (tertiary/aromatic N) is 1. The molecule has 2 saturated heterocycles. The first-order chi connectivity index (χ1) is 8.33. The fourth-order valence-corrected chi connectivity index (χ4v) is 2.84. The number of carbonyl (C=O) groups excluding carboxylic acids is 1. The van der Waals surface area contributed by atoms with Gasteiger partial charge in [-0.2, -0.15) is 0 Å². The smallest absolute Gasteiger partial charge is 0.136 e. The van der Waals surface area contributed by atoms with Crippen molar-refractivity contribution in [3.63, 3.8) is 0 Å². The van der Waals surface area contributed by atoms with Gasteiger partial charge in [0.1, 0.15) is 5.78 Å². The Morgan fingerprint density at radius 2 is 1.76 bits per heavy atom. The Bertz CT molecular complexity index is 388. The highest BCUT2D eigenvalue weighted by Gasteiger charge is 2.37. The maximum absolute atomic E-state index is 11.6. The van der Waals surface area contributed by atoms with E-state index >= 15 is 0 Å². The molecule has 0 amide bonds. The van der Waals surface area contributed by atoms with E-state index in [2.05, 4.69) is 29.2 Å². The summed E-state index contributed by atoms with van der Waals surface area (Å²) < 4.78 is 5.56.